The number of para-hydroxylation sites is 2. The summed E-state index contributed by atoms with van der Waals surface area (Å²) >= 11 is 1.47. The molecule has 0 aliphatic heterocycles. The van der Waals surface area contributed by atoms with Gasteiger partial charge in [-0.05, 0) is 101 Å². The molecule has 4 atom stereocenters. The van der Waals surface area contributed by atoms with E-state index >= 15 is 0 Å². The molecule has 3 aromatic carbocycles. The van der Waals surface area contributed by atoms with Crippen molar-refractivity contribution in [2.24, 2.45) is 11.8 Å². The molecule has 5 rings (SSSR count). The molecule has 5 aromatic rings. The van der Waals surface area contributed by atoms with Gasteiger partial charge in [-0.25, -0.2) is 0 Å². The second kappa shape index (κ2) is 29.2. The lowest BCUT2D eigenvalue weighted by atomic mass is 9.89. The fraction of sp³-hybridized carbons (Fsp3) is 0.462. The Morgan fingerprint density at radius 1 is 0.708 bits per heavy atom. The Bertz CT molecular complexity index is 2240. The van der Waals surface area contributed by atoms with Crippen molar-refractivity contribution in [3.63, 3.8) is 0 Å². The second-order valence-corrected chi connectivity index (χ2v) is 17.7. The standard InChI is InChI=1S/C31H36N4O5S.C21H33NO2/c1-32-29(12-22-16-34-28-10-6-4-8-26(22)28)30(38)13-20(11-21-15-33-27-9-5-3-7-25(21)27)31(39)35-17-23(37)14-24(18-41-2)40-19-36;1-18(23)20(17-19-11-7-6-8-12-19)14-15-21(24)13-9-4-3-5-10-16-22-2/h3-10,15-16,19-20,24,29,32-34H,11-14,17-18H2,1-2H3,(H,35,39);6-8,11-12,20,22H,3-5,9-10,13-17H2,1-2H3. The zero-order valence-corrected chi connectivity index (χ0v) is 39.4. The van der Waals surface area contributed by atoms with Crippen LogP contribution in [0.1, 0.15) is 87.8 Å². The molecule has 0 fully saturated rings. The van der Waals surface area contributed by atoms with Crippen molar-refractivity contribution in [1.82, 2.24) is 25.9 Å². The molecule has 65 heavy (non-hydrogen) atoms. The fourth-order valence-corrected chi connectivity index (χ4v) is 8.70. The third-order valence-electron chi connectivity index (χ3n) is 11.9. The van der Waals surface area contributed by atoms with Gasteiger partial charge in [0.15, 0.2) is 11.6 Å². The number of thioether (sulfide) groups is 1. The van der Waals surface area contributed by atoms with Crippen molar-refractivity contribution in [2.75, 3.05) is 39.2 Å². The van der Waals surface area contributed by atoms with Crippen LogP contribution in [0.4, 0.5) is 0 Å². The van der Waals surface area contributed by atoms with Gasteiger partial charge in [-0.15, -0.1) is 0 Å². The molecule has 12 nitrogen and oxygen atoms in total. The van der Waals surface area contributed by atoms with Gasteiger partial charge in [0.2, 0.25) is 5.91 Å². The number of hydrogen-bond acceptors (Lipinski definition) is 10. The summed E-state index contributed by atoms with van der Waals surface area (Å²) < 4.78 is 4.99. The Hall–Kier alpha value is -5.37. The molecule has 2 aromatic heterocycles. The number of unbranched alkanes of at least 4 members (excludes halogenated alkanes) is 4. The van der Waals surface area contributed by atoms with Crippen LogP contribution in [0.2, 0.25) is 0 Å². The summed E-state index contributed by atoms with van der Waals surface area (Å²) in [4.78, 5) is 80.7. The summed E-state index contributed by atoms with van der Waals surface area (Å²) in [6, 6.07) is 25.3. The number of carbonyl (C=O) groups excluding carboxylic acids is 6. The fourth-order valence-electron chi connectivity index (χ4n) is 8.14. The van der Waals surface area contributed by atoms with Gasteiger partial charge >= 0.3 is 0 Å². The number of ketones is 4. The number of carbonyl (C=O) groups is 6. The highest BCUT2D eigenvalue weighted by molar-refractivity contribution is 7.98. The van der Waals surface area contributed by atoms with Crippen LogP contribution >= 0.6 is 11.8 Å². The molecule has 4 unspecified atom stereocenters. The van der Waals surface area contributed by atoms with Gasteiger partial charge in [-0.2, -0.15) is 11.8 Å². The van der Waals surface area contributed by atoms with E-state index in [4.69, 9.17) is 4.74 Å². The zero-order valence-electron chi connectivity index (χ0n) is 38.6. The average molecular weight is 908 g/mol. The van der Waals surface area contributed by atoms with E-state index in [0.717, 1.165) is 58.7 Å². The number of nitrogens with one attached hydrogen (secondary N) is 5. The number of likely N-dealkylation sites (N-methyl/N-ethyl adjacent to an activating group) is 1. The molecule has 350 valence electrons. The molecule has 0 saturated heterocycles. The minimum absolute atomic E-state index is 0.0107. The van der Waals surface area contributed by atoms with Gasteiger partial charge in [0, 0.05) is 77.5 Å². The van der Waals surface area contributed by atoms with Crippen LogP contribution in [0.3, 0.4) is 0 Å². The maximum atomic E-state index is 13.6. The van der Waals surface area contributed by atoms with Gasteiger partial charge in [0.05, 0.1) is 12.6 Å². The lowest BCUT2D eigenvalue weighted by molar-refractivity contribution is -0.135. The summed E-state index contributed by atoms with van der Waals surface area (Å²) in [6.07, 6.45) is 14.4. The molecule has 0 aliphatic carbocycles. The van der Waals surface area contributed by atoms with Crippen LogP contribution in [0.5, 0.6) is 0 Å². The Labute approximate surface area is 388 Å². The van der Waals surface area contributed by atoms with E-state index in [-0.39, 0.29) is 48.6 Å². The number of aromatic nitrogens is 2. The number of H-pyrrole nitrogens is 2. The second-order valence-electron chi connectivity index (χ2n) is 16.8. The van der Waals surface area contributed by atoms with Gasteiger partial charge in [0.1, 0.15) is 17.7 Å². The van der Waals surface area contributed by atoms with Crippen LogP contribution in [0.15, 0.2) is 91.3 Å². The van der Waals surface area contributed by atoms with E-state index in [1.807, 2.05) is 105 Å². The highest BCUT2D eigenvalue weighted by atomic mass is 32.2. The molecule has 1 amide bonds. The molecule has 5 N–H and O–H groups in total. The number of rotatable bonds is 31. The van der Waals surface area contributed by atoms with E-state index < -0.39 is 18.1 Å². The predicted octanol–water partition coefficient (Wildman–Crippen LogP) is 7.92. The average Bonchev–Trinajstić information content (AvgIpc) is 3.92. The molecule has 13 heteroatoms. The predicted molar refractivity (Wildman–Crippen MR) is 262 cm³/mol. The number of amides is 1. The molecular weight excluding hydrogens is 839 g/mol. The first-order valence-corrected chi connectivity index (χ1v) is 24.3. The third-order valence-corrected chi connectivity index (χ3v) is 12.6. The molecule has 0 saturated carbocycles. The number of aromatic amines is 2. The van der Waals surface area contributed by atoms with E-state index in [1.165, 1.54) is 36.6 Å². The SMILES string of the molecule is CNC(Cc1c[nH]c2ccccc12)C(=O)CC(Cc1c[nH]c2ccccc12)C(=O)NCC(=O)CC(CSC)OC=O.CNCCCCCCCC(=O)CCC(Cc1ccccc1)C(C)=O. The smallest absolute Gasteiger partial charge is 0.293 e. The highest BCUT2D eigenvalue weighted by Gasteiger charge is 2.28. The minimum Gasteiger partial charge on any atom is -0.463 e. The Morgan fingerprint density at radius 2 is 1.32 bits per heavy atom. The molecule has 0 aliphatic rings. The highest BCUT2D eigenvalue weighted by Crippen LogP contribution is 2.25. The molecule has 0 spiro atoms. The van der Waals surface area contributed by atoms with E-state index in [2.05, 4.69) is 25.9 Å². The van der Waals surface area contributed by atoms with Crippen LogP contribution in [0, 0.1) is 11.8 Å². The Kier molecular flexibility index (Phi) is 23.5. The number of hydrogen-bond donors (Lipinski definition) is 5. The van der Waals surface area contributed by atoms with Gasteiger partial charge in [-0.3, -0.25) is 28.8 Å². The number of ether oxygens (including phenoxy) is 1. The van der Waals surface area contributed by atoms with E-state index in [9.17, 15) is 28.8 Å². The molecule has 0 radical (unpaired) electrons. The third kappa shape index (κ3) is 18.2. The minimum atomic E-state index is -0.679. The molecular formula is C52H69N5O7S. The van der Waals surface area contributed by atoms with Crippen molar-refractivity contribution in [3.05, 3.63) is 108 Å². The van der Waals surface area contributed by atoms with Crippen molar-refractivity contribution in [1.29, 1.82) is 0 Å². The Morgan fingerprint density at radius 3 is 1.94 bits per heavy atom. The summed E-state index contributed by atoms with van der Waals surface area (Å²) in [5.41, 5.74) is 5.08. The van der Waals surface area contributed by atoms with Crippen molar-refractivity contribution in [3.8, 4) is 0 Å². The van der Waals surface area contributed by atoms with Crippen LogP contribution < -0.4 is 16.0 Å². The lowest BCUT2D eigenvalue weighted by Crippen LogP contribution is -2.41. The van der Waals surface area contributed by atoms with Gasteiger partial charge in [-0.1, -0.05) is 86.0 Å². The quantitative estimate of drug-likeness (QED) is 0.0217. The summed E-state index contributed by atoms with van der Waals surface area (Å²) in [5, 5.41) is 11.1. The van der Waals surface area contributed by atoms with Crippen LogP contribution in [-0.4, -0.2) is 96.8 Å². The molecule has 2 heterocycles. The number of Topliss-reactive ketones (excluding diaryl/α,β-unsaturated/α-hetero) is 4. The largest absolute Gasteiger partial charge is 0.463 e. The van der Waals surface area contributed by atoms with Crippen molar-refractivity contribution < 1.29 is 33.5 Å². The first kappa shape index (κ1) is 52.3. The monoisotopic (exact) mass is 907 g/mol. The maximum absolute atomic E-state index is 13.6. The van der Waals surface area contributed by atoms with Gasteiger partial charge < -0.3 is 30.7 Å². The van der Waals surface area contributed by atoms with Crippen molar-refractivity contribution in [2.45, 2.75) is 103 Å². The number of benzene rings is 3. The maximum Gasteiger partial charge on any atom is 0.293 e. The summed E-state index contributed by atoms with van der Waals surface area (Å²) in [7, 11) is 3.72. The van der Waals surface area contributed by atoms with E-state index in [1.54, 1.807) is 14.0 Å². The first-order valence-electron chi connectivity index (χ1n) is 22.9. The topological polar surface area (TPSA) is 179 Å². The van der Waals surface area contributed by atoms with Crippen molar-refractivity contribution >= 4 is 69.1 Å². The molecule has 0 bridgehead atoms. The first-order chi connectivity index (χ1) is 31.6. The Balaban J connectivity index is 0.000000329. The van der Waals surface area contributed by atoms with Crippen LogP contribution in [-0.2, 0) is 52.8 Å². The summed E-state index contributed by atoms with van der Waals surface area (Å²) in [5.74, 6) is -0.415. The van der Waals surface area contributed by atoms with E-state index in [0.29, 0.717) is 50.1 Å². The zero-order chi connectivity index (χ0) is 46.8. The van der Waals surface area contributed by atoms with Crippen LogP contribution in [0.25, 0.3) is 21.8 Å². The normalized spacial score (nSPS) is 13.0. The van der Waals surface area contributed by atoms with Gasteiger partial charge in [0.25, 0.3) is 6.47 Å². The lowest BCUT2D eigenvalue weighted by Gasteiger charge is -2.20. The number of fused-ring (bicyclic) bond motifs is 2. The summed E-state index contributed by atoms with van der Waals surface area (Å²) in [6.45, 7) is 2.86.